The summed E-state index contributed by atoms with van der Waals surface area (Å²) in [6, 6.07) is 5.55. The van der Waals surface area contributed by atoms with Gasteiger partial charge in [-0.25, -0.2) is 4.98 Å². The maximum Gasteiger partial charge on any atom is 0.260 e. The molecule has 0 saturated heterocycles. The Hall–Kier alpha value is -1.73. The standard InChI is InChI=1S/C14H16N2OS/c1-16-10-15-13-9-11(7-8-18(2,3)4)5-6-12(13)14(16)17/h5-6,9-10H,1-4H3. The third-order valence-corrected chi connectivity index (χ3v) is 3.13. The van der Waals surface area contributed by atoms with Crippen molar-refractivity contribution in [1.29, 1.82) is 0 Å². The minimum Gasteiger partial charge on any atom is -0.302 e. The average Bonchev–Trinajstić information content (AvgIpc) is 2.30. The molecule has 0 aliphatic carbocycles. The first-order valence-corrected chi connectivity index (χ1v) is 8.39. The summed E-state index contributed by atoms with van der Waals surface area (Å²) in [6.07, 6.45) is 7.98. The van der Waals surface area contributed by atoms with Crippen LogP contribution < -0.4 is 5.56 Å². The van der Waals surface area contributed by atoms with Crippen molar-refractivity contribution in [2.75, 3.05) is 18.8 Å². The van der Waals surface area contributed by atoms with E-state index in [4.69, 9.17) is 0 Å². The molecular weight excluding hydrogens is 244 g/mol. The van der Waals surface area contributed by atoms with Gasteiger partial charge in [0.15, 0.2) is 0 Å². The number of nitrogens with zero attached hydrogens (tertiary/aromatic N) is 2. The van der Waals surface area contributed by atoms with Crippen LogP contribution in [0.5, 0.6) is 0 Å². The Morgan fingerprint density at radius 3 is 2.67 bits per heavy atom. The maximum atomic E-state index is 11.8. The first-order valence-electron chi connectivity index (χ1n) is 5.53. The molecule has 3 nitrogen and oxygen atoms in total. The van der Waals surface area contributed by atoms with Crippen LogP contribution in [0.25, 0.3) is 10.9 Å². The van der Waals surface area contributed by atoms with Crippen molar-refractivity contribution in [3.05, 3.63) is 40.4 Å². The summed E-state index contributed by atoms with van der Waals surface area (Å²) in [6.45, 7) is 0. The molecule has 0 unspecified atom stereocenters. The fourth-order valence-corrected chi connectivity index (χ4v) is 1.92. The molecule has 0 N–H and O–H groups in total. The van der Waals surface area contributed by atoms with Gasteiger partial charge in [0.2, 0.25) is 0 Å². The molecule has 1 aromatic carbocycles. The molecule has 94 valence electrons. The smallest absolute Gasteiger partial charge is 0.260 e. The number of fused-ring (bicyclic) bond motifs is 1. The predicted molar refractivity (Wildman–Crippen MR) is 79.2 cm³/mol. The van der Waals surface area contributed by atoms with E-state index in [1.54, 1.807) is 13.1 Å². The highest BCUT2D eigenvalue weighted by molar-refractivity contribution is 8.35. The van der Waals surface area contributed by atoms with Gasteiger partial charge in [-0.2, -0.15) is 10.0 Å². The van der Waals surface area contributed by atoms with Gasteiger partial charge in [-0.05, 0) is 42.2 Å². The van der Waals surface area contributed by atoms with Crippen LogP contribution in [0.3, 0.4) is 0 Å². The monoisotopic (exact) mass is 260 g/mol. The summed E-state index contributed by atoms with van der Waals surface area (Å²) >= 11 is 0. The first-order chi connectivity index (χ1) is 8.37. The zero-order valence-corrected chi connectivity index (χ0v) is 11.8. The lowest BCUT2D eigenvalue weighted by molar-refractivity contribution is 0.843. The topological polar surface area (TPSA) is 34.9 Å². The summed E-state index contributed by atoms with van der Waals surface area (Å²) in [5.74, 6) is 3.15. The maximum absolute atomic E-state index is 11.8. The van der Waals surface area contributed by atoms with Gasteiger partial charge in [0, 0.05) is 12.6 Å². The zero-order chi connectivity index (χ0) is 13.3. The molecule has 1 heterocycles. The molecule has 0 bridgehead atoms. The molecule has 0 spiro atoms. The van der Waals surface area contributed by atoms with Crippen LogP contribution >= 0.6 is 10.0 Å². The Morgan fingerprint density at radius 1 is 1.28 bits per heavy atom. The average molecular weight is 260 g/mol. The molecule has 2 rings (SSSR count). The SMILES string of the molecule is Cn1cnc2cc(C#CS(C)(C)C)ccc2c1=O. The Kier molecular flexibility index (Phi) is 3.18. The molecule has 2 aromatic rings. The van der Waals surface area contributed by atoms with Crippen molar-refractivity contribution in [3.63, 3.8) is 0 Å². The van der Waals surface area contributed by atoms with Crippen LogP contribution in [0, 0.1) is 11.2 Å². The van der Waals surface area contributed by atoms with Gasteiger partial charge in [0.1, 0.15) is 0 Å². The third kappa shape index (κ3) is 2.74. The first kappa shape index (κ1) is 12.7. The van der Waals surface area contributed by atoms with Crippen LogP contribution in [-0.4, -0.2) is 28.3 Å². The fraction of sp³-hybridized carbons (Fsp3) is 0.286. The van der Waals surface area contributed by atoms with E-state index in [9.17, 15) is 4.79 Å². The van der Waals surface area contributed by atoms with E-state index in [2.05, 4.69) is 34.9 Å². The van der Waals surface area contributed by atoms with Crippen molar-refractivity contribution in [1.82, 2.24) is 9.55 Å². The van der Waals surface area contributed by atoms with Gasteiger partial charge in [-0.1, -0.05) is 5.92 Å². The van der Waals surface area contributed by atoms with E-state index in [-0.39, 0.29) is 5.56 Å². The summed E-state index contributed by atoms with van der Waals surface area (Å²) in [4.78, 5) is 16.1. The van der Waals surface area contributed by atoms with Gasteiger partial charge in [0.25, 0.3) is 5.56 Å². The summed E-state index contributed by atoms with van der Waals surface area (Å²) in [7, 11) is 0.862. The highest BCUT2D eigenvalue weighted by Crippen LogP contribution is 2.32. The number of benzene rings is 1. The van der Waals surface area contributed by atoms with Crippen LogP contribution in [0.1, 0.15) is 5.56 Å². The lowest BCUT2D eigenvalue weighted by Gasteiger charge is -2.14. The summed E-state index contributed by atoms with van der Waals surface area (Å²) in [5, 5.41) is 3.88. The lowest BCUT2D eigenvalue weighted by Crippen LogP contribution is -2.16. The minimum atomic E-state index is -0.838. The van der Waals surface area contributed by atoms with E-state index in [0.29, 0.717) is 10.9 Å². The number of hydrogen-bond acceptors (Lipinski definition) is 2. The zero-order valence-electron chi connectivity index (χ0n) is 11.0. The number of aromatic nitrogens is 2. The van der Waals surface area contributed by atoms with Crippen molar-refractivity contribution in [2.45, 2.75) is 0 Å². The van der Waals surface area contributed by atoms with E-state index in [1.807, 2.05) is 12.1 Å². The van der Waals surface area contributed by atoms with Gasteiger partial charge in [-0.3, -0.25) is 4.79 Å². The Labute approximate surface area is 108 Å². The molecule has 0 saturated carbocycles. The molecule has 0 radical (unpaired) electrons. The largest absolute Gasteiger partial charge is 0.302 e. The van der Waals surface area contributed by atoms with Crippen LogP contribution in [0.4, 0.5) is 0 Å². The van der Waals surface area contributed by atoms with E-state index in [0.717, 1.165) is 5.56 Å². The normalized spacial score (nSPS) is 12.0. The number of aryl methyl sites for hydroxylation is 1. The second kappa shape index (κ2) is 4.51. The third-order valence-electron chi connectivity index (χ3n) is 2.42. The Morgan fingerprint density at radius 2 is 2.00 bits per heavy atom. The van der Waals surface area contributed by atoms with Crippen molar-refractivity contribution < 1.29 is 0 Å². The highest BCUT2D eigenvalue weighted by atomic mass is 32.3. The predicted octanol–water partition coefficient (Wildman–Crippen LogP) is 1.94. The molecule has 4 heteroatoms. The van der Waals surface area contributed by atoms with Gasteiger partial charge < -0.3 is 4.57 Å². The lowest BCUT2D eigenvalue weighted by atomic mass is 10.1. The van der Waals surface area contributed by atoms with Gasteiger partial charge in [0.05, 0.1) is 17.2 Å². The molecule has 18 heavy (non-hydrogen) atoms. The van der Waals surface area contributed by atoms with Gasteiger partial charge >= 0.3 is 0 Å². The quantitative estimate of drug-likeness (QED) is 0.678. The summed E-state index contributed by atoms with van der Waals surface area (Å²) in [5.41, 5.74) is 1.58. The fourth-order valence-electron chi connectivity index (χ4n) is 1.50. The Balaban J connectivity index is 2.55. The van der Waals surface area contributed by atoms with Crippen LogP contribution in [0.15, 0.2) is 29.3 Å². The van der Waals surface area contributed by atoms with E-state index < -0.39 is 10.0 Å². The second-order valence-corrected chi connectivity index (χ2v) is 8.84. The molecule has 0 aliphatic rings. The molecule has 0 aliphatic heterocycles. The summed E-state index contributed by atoms with van der Waals surface area (Å²) < 4.78 is 1.48. The van der Waals surface area contributed by atoms with Crippen molar-refractivity contribution in [3.8, 4) is 11.2 Å². The second-order valence-electron chi connectivity index (χ2n) is 4.96. The molecule has 0 amide bonds. The highest BCUT2D eigenvalue weighted by Gasteiger charge is 2.02. The molecule has 0 atom stereocenters. The minimum absolute atomic E-state index is 0.0269. The number of hydrogen-bond donors (Lipinski definition) is 0. The molecular formula is C14H16N2OS. The van der Waals surface area contributed by atoms with Crippen molar-refractivity contribution in [2.24, 2.45) is 7.05 Å². The van der Waals surface area contributed by atoms with E-state index >= 15 is 0 Å². The Bertz CT molecular complexity index is 714. The van der Waals surface area contributed by atoms with E-state index in [1.165, 1.54) is 10.9 Å². The molecule has 0 fully saturated rings. The van der Waals surface area contributed by atoms with Crippen LogP contribution in [-0.2, 0) is 7.05 Å². The van der Waals surface area contributed by atoms with Crippen molar-refractivity contribution >= 4 is 20.9 Å². The number of rotatable bonds is 0. The molecule has 1 aromatic heterocycles. The van der Waals surface area contributed by atoms with Crippen LogP contribution in [0.2, 0.25) is 0 Å². The van der Waals surface area contributed by atoms with Gasteiger partial charge in [-0.15, -0.1) is 0 Å².